The lowest BCUT2D eigenvalue weighted by Crippen LogP contribution is -2.46. The largest absolute Gasteiger partial charge is 0.377 e. The van der Waals surface area contributed by atoms with E-state index in [0.717, 1.165) is 13.0 Å². The predicted octanol–water partition coefficient (Wildman–Crippen LogP) is 1.06. The molecular formula is C18H28N4O3. The summed E-state index contributed by atoms with van der Waals surface area (Å²) in [6.45, 7) is 8.27. The third-order valence-electron chi connectivity index (χ3n) is 5.13. The van der Waals surface area contributed by atoms with Crippen LogP contribution < -0.4 is 0 Å². The number of carbonyl (C=O) groups excluding carboxylic acids is 1. The molecule has 7 heteroatoms. The predicted molar refractivity (Wildman–Crippen MR) is 93.3 cm³/mol. The molecule has 1 amide bonds. The zero-order valence-corrected chi connectivity index (χ0v) is 15.4. The average Bonchev–Trinajstić information content (AvgIpc) is 2.87. The highest BCUT2D eigenvalue weighted by molar-refractivity contribution is 5.92. The van der Waals surface area contributed by atoms with Gasteiger partial charge in [-0.2, -0.15) is 0 Å². The number of ether oxygens (including phenoxy) is 2. The van der Waals surface area contributed by atoms with Gasteiger partial charge in [-0.05, 0) is 33.2 Å². The van der Waals surface area contributed by atoms with Gasteiger partial charge in [0.2, 0.25) is 0 Å². The number of hydrogen-bond acceptors (Lipinski definition) is 6. The van der Waals surface area contributed by atoms with Crippen LogP contribution in [-0.4, -0.2) is 83.8 Å². The molecule has 3 rings (SSSR count). The Morgan fingerprint density at radius 3 is 3.04 bits per heavy atom. The Bertz CT molecular complexity index is 583. The Morgan fingerprint density at radius 2 is 2.32 bits per heavy atom. The fourth-order valence-corrected chi connectivity index (χ4v) is 3.54. The number of amides is 1. The molecule has 2 atom stereocenters. The molecule has 25 heavy (non-hydrogen) atoms. The van der Waals surface area contributed by atoms with E-state index in [2.05, 4.69) is 35.8 Å². The van der Waals surface area contributed by atoms with Crippen molar-refractivity contribution in [3.63, 3.8) is 0 Å². The first-order valence-corrected chi connectivity index (χ1v) is 8.96. The van der Waals surface area contributed by atoms with Crippen molar-refractivity contribution >= 4 is 5.91 Å². The maximum absolute atomic E-state index is 12.7. The molecule has 3 heterocycles. The number of carbonyl (C=O) groups is 1. The van der Waals surface area contributed by atoms with Crippen molar-refractivity contribution in [2.45, 2.75) is 31.9 Å². The fraction of sp³-hybridized carbons (Fsp3) is 0.722. The van der Waals surface area contributed by atoms with Crippen LogP contribution in [0.5, 0.6) is 0 Å². The van der Waals surface area contributed by atoms with Gasteiger partial charge in [-0.1, -0.05) is 0 Å². The van der Waals surface area contributed by atoms with E-state index in [4.69, 9.17) is 9.47 Å². The first-order valence-electron chi connectivity index (χ1n) is 8.96. The second kappa shape index (κ2) is 7.76. The van der Waals surface area contributed by atoms with Gasteiger partial charge in [-0.25, -0.2) is 4.98 Å². The quantitative estimate of drug-likeness (QED) is 0.811. The normalized spacial score (nSPS) is 27.2. The lowest BCUT2D eigenvalue weighted by molar-refractivity contribution is -0.0539. The Labute approximate surface area is 149 Å². The number of aromatic nitrogens is 2. The van der Waals surface area contributed by atoms with Crippen LogP contribution in [0.3, 0.4) is 0 Å². The van der Waals surface area contributed by atoms with Crippen molar-refractivity contribution in [2.75, 3.05) is 46.5 Å². The van der Waals surface area contributed by atoms with Gasteiger partial charge in [-0.3, -0.25) is 9.78 Å². The van der Waals surface area contributed by atoms with E-state index in [0.29, 0.717) is 50.6 Å². The zero-order valence-electron chi connectivity index (χ0n) is 15.4. The van der Waals surface area contributed by atoms with Crippen molar-refractivity contribution in [2.24, 2.45) is 5.92 Å². The second-order valence-corrected chi connectivity index (χ2v) is 7.47. The lowest BCUT2D eigenvalue weighted by atomic mass is 9.93. The summed E-state index contributed by atoms with van der Waals surface area (Å²) in [7, 11) is 2.14. The first kappa shape index (κ1) is 18.2. The van der Waals surface area contributed by atoms with Gasteiger partial charge in [0.1, 0.15) is 11.3 Å². The standard InChI is InChI=1S/C18H28N4O3/c1-14(2)21(3)10-15-8-18(25-11-15)12-22(6-7-24-13-18)17(23)16-9-19-4-5-20-16/h4-5,9,14-15H,6-8,10-13H2,1-3H3/t15-,18+/m1/s1. The monoisotopic (exact) mass is 348 g/mol. The van der Waals surface area contributed by atoms with Crippen molar-refractivity contribution < 1.29 is 14.3 Å². The van der Waals surface area contributed by atoms with Crippen molar-refractivity contribution in [3.8, 4) is 0 Å². The summed E-state index contributed by atoms with van der Waals surface area (Å²) in [5.41, 5.74) is -0.0368. The molecule has 0 N–H and O–H groups in total. The minimum absolute atomic E-state index is 0.107. The van der Waals surface area contributed by atoms with Crippen LogP contribution in [0.15, 0.2) is 18.6 Å². The molecule has 0 unspecified atom stereocenters. The summed E-state index contributed by atoms with van der Waals surface area (Å²) < 4.78 is 12.0. The van der Waals surface area contributed by atoms with Crippen LogP contribution in [-0.2, 0) is 9.47 Å². The minimum atomic E-state index is -0.406. The van der Waals surface area contributed by atoms with Crippen LogP contribution in [0.1, 0.15) is 30.8 Å². The summed E-state index contributed by atoms with van der Waals surface area (Å²) >= 11 is 0. The molecule has 2 aliphatic rings. The van der Waals surface area contributed by atoms with Crippen LogP contribution in [0.2, 0.25) is 0 Å². The highest BCUT2D eigenvalue weighted by Crippen LogP contribution is 2.33. The third-order valence-corrected chi connectivity index (χ3v) is 5.13. The molecule has 0 bridgehead atoms. The molecule has 2 aliphatic heterocycles. The number of rotatable bonds is 4. The molecule has 0 aliphatic carbocycles. The van der Waals surface area contributed by atoms with Crippen molar-refractivity contribution in [3.05, 3.63) is 24.3 Å². The average molecular weight is 348 g/mol. The molecule has 1 spiro atoms. The van der Waals surface area contributed by atoms with Gasteiger partial charge >= 0.3 is 0 Å². The summed E-state index contributed by atoms with van der Waals surface area (Å²) in [5, 5.41) is 0. The molecule has 2 fully saturated rings. The van der Waals surface area contributed by atoms with Gasteiger partial charge in [0.05, 0.1) is 32.6 Å². The van der Waals surface area contributed by atoms with E-state index >= 15 is 0 Å². The van der Waals surface area contributed by atoms with Gasteiger partial charge < -0.3 is 19.3 Å². The van der Waals surface area contributed by atoms with Crippen LogP contribution in [0, 0.1) is 5.92 Å². The fourth-order valence-electron chi connectivity index (χ4n) is 3.54. The Hall–Kier alpha value is -1.57. The molecule has 0 aromatic carbocycles. The first-order chi connectivity index (χ1) is 12.0. The van der Waals surface area contributed by atoms with Gasteiger partial charge in [-0.15, -0.1) is 0 Å². The van der Waals surface area contributed by atoms with Crippen LogP contribution in [0.4, 0.5) is 0 Å². The highest BCUT2D eigenvalue weighted by Gasteiger charge is 2.44. The molecule has 2 saturated heterocycles. The molecule has 0 saturated carbocycles. The summed E-state index contributed by atoms with van der Waals surface area (Å²) in [4.78, 5) is 25.0. The lowest BCUT2D eigenvalue weighted by Gasteiger charge is -2.31. The van der Waals surface area contributed by atoms with Crippen molar-refractivity contribution in [1.82, 2.24) is 19.8 Å². The van der Waals surface area contributed by atoms with E-state index < -0.39 is 5.60 Å². The van der Waals surface area contributed by atoms with Gasteiger partial charge in [0.15, 0.2) is 0 Å². The van der Waals surface area contributed by atoms with E-state index in [1.165, 1.54) is 6.20 Å². The summed E-state index contributed by atoms with van der Waals surface area (Å²) in [5.74, 6) is 0.354. The number of hydrogen-bond donors (Lipinski definition) is 0. The van der Waals surface area contributed by atoms with E-state index in [1.807, 2.05) is 0 Å². The molecule has 1 aromatic rings. The van der Waals surface area contributed by atoms with Crippen LogP contribution in [0.25, 0.3) is 0 Å². The van der Waals surface area contributed by atoms with Crippen molar-refractivity contribution in [1.29, 1.82) is 0 Å². The van der Waals surface area contributed by atoms with Gasteiger partial charge in [0.25, 0.3) is 5.91 Å². The Morgan fingerprint density at radius 1 is 1.48 bits per heavy atom. The highest BCUT2D eigenvalue weighted by atomic mass is 16.5. The van der Waals surface area contributed by atoms with E-state index in [9.17, 15) is 4.79 Å². The van der Waals surface area contributed by atoms with Gasteiger partial charge in [0, 0.05) is 31.5 Å². The summed E-state index contributed by atoms with van der Waals surface area (Å²) in [6, 6.07) is 0.511. The topological polar surface area (TPSA) is 67.8 Å². The molecule has 138 valence electrons. The van der Waals surface area contributed by atoms with Crippen LogP contribution >= 0.6 is 0 Å². The zero-order chi connectivity index (χ0) is 17.9. The second-order valence-electron chi connectivity index (χ2n) is 7.47. The molecule has 1 aromatic heterocycles. The SMILES string of the molecule is CC(C)N(C)C[C@@H]1CO[C@@]2(COCCN(C(=O)c3cnccn3)C2)C1. The number of nitrogens with zero attached hydrogens (tertiary/aromatic N) is 4. The maximum atomic E-state index is 12.7. The Balaban J connectivity index is 1.67. The molecule has 0 radical (unpaired) electrons. The smallest absolute Gasteiger partial charge is 0.274 e. The Kier molecular flexibility index (Phi) is 5.66. The van der Waals surface area contributed by atoms with E-state index in [-0.39, 0.29) is 5.91 Å². The summed E-state index contributed by atoms with van der Waals surface area (Å²) in [6.07, 6.45) is 5.53. The van der Waals surface area contributed by atoms with E-state index in [1.54, 1.807) is 17.3 Å². The minimum Gasteiger partial charge on any atom is -0.377 e. The third kappa shape index (κ3) is 4.34. The maximum Gasteiger partial charge on any atom is 0.274 e. The molecule has 7 nitrogen and oxygen atoms in total. The molecular weight excluding hydrogens is 320 g/mol.